The van der Waals surface area contributed by atoms with E-state index in [1.54, 1.807) is 0 Å². The first-order valence-electron chi connectivity index (χ1n) is 8.72. The van der Waals surface area contributed by atoms with Crippen molar-refractivity contribution in [1.29, 1.82) is 0 Å². The van der Waals surface area contributed by atoms with Crippen molar-refractivity contribution in [1.82, 2.24) is 10.2 Å². The first-order chi connectivity index (χ1) is 9.70. The molecule has 0 aromatic rings. The van der Waals surface area contributed by atoms with Crippen molar-refractivity contribution < 1.29 is 4.79 Å². The highest BCUT2D eigenvalue weighted by Gasteiger charge is 2.55. The molecule has 5 aliphatic rings. The maximum atomic E-state index is 13.3. The Bertz CT molecular complexity index is 365. The highest BCUT2D eigenvalue weighted by Crippen LogP contribution is 2.60. The molecule has 5 rings (SSSR count). The monoisotopic (exact) mass is 276 g/mol. The molecule has 1 amide bonds. The first-order valence-corrected chi connectivity index (χ1v) is 8.72. The molecule has 0 aromatic heterocycles. The van der Waals surface area contributed by atoms with Gasteiger partial charge < -0.3 is 10.2 Å². The van der Waals surface area contributed by atoms with Crippen molar-refractivity contribution in [3.8, 4) is 0 Å². The maximum Gasteiger partial charge on any atom is 0.229 e. The Morgan fingerprint density at radius 3 is 2.20 bits per heavy atom. The van der Waals surface area contributed by atoms with E-state index < -0.39 is 0 Å². The third kappa shape index (κ3) is 1.93. The maximum absolute atomic E-state index is 13.3. The smallest absolute Gasteiger partial charge is 0.229 e. The van der Waals surface area contributed by atoms with Crippen molar-refractivity contribution in [2.75, 3.05) is 19.6 Å². The number of nitrogens with zero attached hydrogens (tertiary/aromatic N) is 1. The molecule has 0 aromatic carbocycles. The van der Waals surface area contributed by atoms with Gasteiger partial charge in [0.25, 0.3) is 0 Å². The topological polar surface area (TPSA) is 32.3 Å². The van der Waals surface area contributed by atoms with Crippen LogP contribution in [0.25, 0.3) is 0 Å². The Balaban J connectivity index is 1.57. The van der Waals surface area contributed by atoms with Gasteiger partial charge in [0.15, 0.2) is 0 Å². The molecule has 3 nitrogen and oxygen atoms in total. The number of rotatable bonds is 3. The lowest BCUT2D eigenvalue weighted by Gasteiger charge is -2.57. The lowest BCUT2D eigenvalue weighted by Crippen LogP contribution is -2.56. The number of carbonyl (C=O) groups is 1. The molecule has 1 heterocycles. The van der Waals surface area contributed by atoms with Crippen molar-refractivity contribution in [2.45, 2.75) is 57.9 Å². The zero-order chi connectivity index (χ0) is 13.7. The van der Waals surface area contributed by atoms with Crippen LogP contribution in [0.5, 0.6) is 0 Å². The summed E-state index contributed by atoms with van der Waals surface area (Å²) in [5, 5.41) is 3.42. The summed E-state index contributed by atoms with van der Waals surface area (Å²) in [7, 11) is 0. The molecule has 3 heteroatoms. The fraction of sp³-hybridized carbons (Fsp3) is 0.941. The van der Waals surface area contributed by atoms with Gasteiger partial charge in [-0.05, 0) is 76.2 Å². The van der Waals surface area contributed by atoms with Crippen molar-refractivity contribution in [2.24, 2.45) is 23.2 Å². The van der Waals surface area contributed by atoms with E-state index in [1.807, 2.05) is 0 Å². The second kappa shape index (κ2) is 4.72. The SMILES string of the molecule is CCN(C(=O)C12CC3CC(CC(C3)C1)C2)C1CCNC1. The van der Waals surface area contributed by atoms with Crippen LogP contribution < -0.4 is 5.32 Å². The largest absolute Gasteiger partial charge is 0.338 e. The van der Waals surface area contributed by atoms with Gasteiger partial charge in [-0.15, -0.1) is 0 Å². The predicted octanol–water partition coefficient (Wildman–Crippen LogP) is 2.41. The summed E-state index contributed by atoms with van der Waals surface area (Å²) in [6, 6.07) is 0.459. The van der Waals surface area contributed by atoms with Crippen molar-refractivity contribution >= 4 is 5.91 Å². The van der Waals surface area contributed by atoms with Crippen LogP contribution in [0.15, 0.2) is 0 Å². The molecule has 1 atom stereocenters. The summed E-state index contributed by atoms with van der Waals surface area (Å²) in [5.74, 6) is 3.12. The first kappa shape index (κ1) is 13.1. The van der Waals surface area contributed by atoms with E-state index in [9.17, 15) is 4.79 Å². The van der Waals surface area contributed by atoms with Crippen LogP contribution in [0.2, 0.25) is 0 Å². The van der Waals surface area contributed by atoms with Gasteiger partial charge in [0.1, 0.15) is 0 Å². The molecular formula is C17H28N2O. The molecule has 0 radical (unpaired) electrons. The van der Waals surface area contributed by atoms with Crippen LogP contribution in [0.3, 0.4) is 0 Å². The summed E-state index contributed by atoms with van der Waals surface area (Å²) < 4.78 is 0. The van der Waals surface area contributed by atoms with E-state index in [0.29, 0.717) is 11.9 Å². The van der Waals surface area contributed by atoms with Gasteiger partial charge in [0.05, 0.1) is 5.41 Å². The number of hydrogen-bond acceptors (Lipinski definition) is 2. The van der Waals surface area contributed by atoms with Crippen LogP contribution >= 0.6 is 0 Å². The van der Waals surface area contributed by atoms with Gasteiger partial charge in [0.2, 0.25) is 5.91 Å². The zero-order valence-electron chi connectivity index (χ0n) is 12.7. The molecule has 0 spiro atoms. The van der Waals surface area contributed by atoms with Gasteiger partial charge in [-0.3, -0.25) is 4.79 Å². The molecule has 1 aliphatic heterocycles. The highest BCUT2D eigenvalue weighted by atomic mass is 16.2. The number of nitrogens with one attached hydrogen (secondary N) is 1. The fourth-order valence-electron chi connectivity index (χ4n) is 6.15. The van der Waals surface area contributed by atoms with Crippen LogP contribution in [-0.4, -0.2) is 36.5 Å². The van der Waals surface area contributed by atoms with Gasteiger partial charge in [0, 0.05) is 19.1 Å². The van der Waals surface area contributed by atoms with Crippen molar-refractivity contribution in [3.63, 3.8) is 0 Å². The average Bonchev–Trinajstić information content (AvgIpc) is 2.92. The van der Waals surface area contributed by atoms with Gasteiger partial charge >= 0.3 is 0 Å². The molecule has 4 aliphatic carbocycles. The highest BCUT2D eigenvalue weighted by molar-refractivity contribution is 5.83. The predicted molar refractivity (Wildman–Crippen MR) is 79.3 cm³/mol. The summed E-state index contributed by atoms with van der Waals surface area (Å²) >= 11 is 0. The minimum absolute atomic E-state index is 0.0490. The van der Waals surface area contributed by atoms with Gasteiger partial charge in [-0.2, -0.15) is 0 Å². The molecule has 1 N–H and O–H groups in total. The minimum atomic E-state index is 0.0490. The van der Waals surface area contributed by atoms with E-state index in [-0.39, 0.29) is 5.41 Å². The Morgan fingerprint density at radius 1 is 1.15 bits per heavy atom. The third-order valence-corrected chi connectivity index (χ3v) is 6.57. The Kier molecular flexibility index (Phi) is 3.10. The van der Waals surface area contributed by atoms with E-state index >= 15 is 0 Å². The van der Waals surface area contributed by atoms with E-state index in [0.717, 1.165) is 43.8 Å². The molecular weight excluding hydrogens is 248 g/mol. The molecule has 4 bridgehead atoms. The van der Waals surface area contributed by atoms with Crippen LogP contribution in [0.4, 0.5) is 0 Å². The molecule has 4 saturated carbocycles. The van der Waals surface area contributed by atoms with Gasteiger partial charge in [-0.1, -0.05) is 0 Å². The second-order valence-corrected chi connectivity index (χ2v) is 7.94. The second-order valence-electron chi connectivity index (χ2n) is 7.94. The molecule has 1 saturated heterocycles. The third-order valence-electron chi connectivity index (χ3n) is 6.57. The zero-order valence-corrected chi connectivity index (χ0v) is 12.7. The van der Waals surface area contributed by atoms with E-state index in [1.165, 1.54) is 38.5 Å². The molecule has 112 valence electrons. The summed E-state index contributed by atoms with van der Waals surface area (Å²) in [6.07, 6.45) is 9.01. The summed E-state index contributed by atoms with van der Waals surface area (Å²) in [5.41, 5.74) is 0.0490. The molecule has 5 fully saturated rings. The standard InChI is InChI=1S/C17H28N2O/c1-2-19(15-3-4-18-11-15)16(20)17-8-12-5-13(9-17)7-14(6-12)10-17/h12-15,18H,2-11H2,1H3. The van der Waals surface area contributed by atoms with E-state index in [2.05, 4.69) is 17.1 Å². The number of likely N-dealkylation sites (N-methyl/N-ethyl adjacent to an activating group) is 1. The lowest BCUT2D eigenvalue weighted by molar-refractivity contribution is -0.159. The summed E-state index contributed by atoms with van der Waals surface area (Å²) in [4.78, 5) is 15.5. The quantitative estimate of drug-likeness (QED) is 0.858. The van der Waals surface area contributed by atoms with Crippen LogP contribution in [-0.2, 0) is 4.79 Å². The molecule has 1 unspecified atom stereocenters. The minimum Gasteiger partial charge on any atom is -0.338 e. The fourth-order valence-corrected chi connectivity index (χ4v) is 6.15. The van der Waals surface area contributed by atoms with Gasteiger partial charge in [-0.25, -0.2) is 0 Å². The molecule has 20 heavy (non-hydrogen) atoms. The van der Waals surface area contributed by atoms with Crippen molar-refractivity contribution in [3.05, 3.63) is 0 Å². The number of carbonyl (C=O) groups excluding carboxylic acids is 1. The van der Waals surface area contributed by atoms with Crippen LogP contribution in [0.1, 0.15) is 51.9 Å². The van der Waals surface area contributed by atoms with E-state index in [4.69, 9.17) is 0 Å². The summed E-state index contributed by atoms with van der Waals surface area (Å²) in [6.45, 7) is 5.14. The average molecular weight is 276 g/mol. The number of amides is 1. The Hall–Kier alpha value is -0.570. The lowest BCUT2D eigenvalue weighted by atomic mass is 9.49. The number of hydrogen-bond donors (Lipinski definition) is 1. The van der Waals surface area contributed by atoms with Crippen LogP contribution in [0, 0.1) is 23.2 Å². The Labute approximate surface area is 122 Å². The Morgan fingerprint density at radius 2 is 1.75 bits per heavy atom. The normalized spacial score (nSPS) is 45.9.